The summed E-state index contributed by atoms with van der Waals surface area (Å²) < 4.78 is 11.3. The first-order valence-electron chi connectivity index (χ1n) is 7.66. The molecule has 1 rings (SSSR count). The molecule has 0 bridgehead atoms. The highest BCUT2D eigenvalue weighted by atomic mass is 35.5. The molecule has 1 aromatic rings. The molecule has 0 aliphatic carbocycles. The summed E-state index contributed by atoms with van der Waals surface area (Å²) >= 11 is 11.4. The van der Waals surface area contributed by atoms with Gasteiger partial charge in [-0.2, -0.15) is 5.10 Å². The zero-order chi connectivity index (χ0) is 17.2. The Morgan fingerprint density at radius 2 is 2.09 bits per heavy atom. The molecule has 23 heavy (non-hydrogen) atoms. The Morgan fingerprint density at radius 3 is 2.70 bits per heavy atom. The zero-order valence-electron chi connectivity index (χ0n) is 14.0. The molecule has 5 nitrogen and oxygen atoms in total. The molecule has 0 aliphatic rings. The molecular weight excluding hydrogens is 334 g/mol. The van der Waals surface area contributed by atoms with E-state index in [1.54, 1.807) is 12.3 Å². The molecule has 0 aromatic heterocycles. The summed E-state index contributed by atoms with van der Waals surface area (Å²) in [5.74, 6) is 1.18. The molecular formula is C16H24ClN3O2S. The lowest BCUT2D eigenvalue weighted by Crippen LogP contribution is -2.36. The summed E-state index contributed by atoms with van der Waals surface area (Å²) in [7, 11) is 0. The van der Waals surface area contributed by atoms with Crippen LogP contribution >= 0.6 is 23.8 Å². The fourth-order valence-corrected chi connectivity index (χ4v) is 2.29. The van der Waals surface area contributed by atoms with Gasteiger partial charge in [0.1, 0.15) is 0 Å². The molecule has 1 aromatic carbocycles. The summed E-state index contributed by atoms with van der Waals surface area (Å²) in [6.45, 7) is 9.07. The van der Waals surface area contributed by atoms with Crippen molar-refractivity contribution < 1.29 is 9.47 Å². The van der Waals surface area contributed by atoms with Crippen molar-refractivity contribution in [3.63, 3.8) is 0 Å². The van der Waals surface area contributed by atoms with Gasteiger partial charge >= 0.3 is 0 Å². The number of halogens is 1. The van der Waals surface area contributed by atoms with E-state index in [1.165, 1.54) is 0 Å². The molecule has 7 heteroatoms. The standard InChI is InChI=1S/C16H24ClN3O2S/c1-5-7-22-15-13(17)8-12(9-14(15)21-6-2)10-18-20-16(23)19-11(3)4/h8-11H,5-7H2,1-4H3,(H2,19,20,23)/b18-10-. The van der Waals surface area contributed by atoms with Crippen LogP contribution in [0.5, 0.6) is 11.5 Å². The van der Waals surface area contributed by atoms with E-state index in [4.69, 9.17) is 33.3 Å². The van der Waals surface area contributed by atoms with Crippen LogP contribution in [-0.2, 0) is 0 Å². The average molecular weight is 358 g/mol. The van der Waals surface area contributed by atoms with Gasteiger partial charge in [-0.15, -0.1) is 0 Å². The Morgan fingerprint density at radius 1 is 1.35 bits per heavy atom. The van der Waals surface area contributed by atoms with Crippen LogP contribution in [0.1, 0.15) is 39.7 Å². The first-order chi connectivity index (χ1) is 11.0. The second-order valence-electron chi connectivity index (χ2n) is 5.11. The Bertz CT molecular complexity index is 550. The van der Waals surface area contributed by atoms with Gasteiger partial charge in [-0.3, -0.25) is 5.43 Å². The van der Waals surface area contributed by atoms with Crippen LogP contribution in [0.15, 0.2) is 17.2 Å². The van der Waals surface area contributed by atoms with E-state index >= 15 is 0 Å². The number of hydrazone groups is 1. The highest BCUT2D eigenvalue weighted by molar-refractivity contribution is 7.80. The minimum absolute atomic E-state index is 0.249. The second-order valence-corrected chi connectivity index (χ2v) is 5.93. The topological polar surface area (TPSA) is 54.9 Å². The number of thiocarbonyl (C=S) groups is 1. The first kappa shape index (κ1) is 19.5. The second kappa shape index (κ2) is 10.3. The number of nitrogens with zero attached hydrogens (tertiary/aromatic N) is 1. The Kier molecular flexibility index (Phi) is 8.73. The largest absolute Gasteiger partial charge is 0.490 e. The van der Waals surface area contributed by atoms with Crippen LogP contribution in [-0.4, -0.2) is 30.6 Å². The Labute approximate surface area is 148 Å². The van der Waals surface area contributed by atoms with Crippen molar-refractivity contribution in [2.45, 2.75) is 40.2 Å². The minimum Gasteiger partial charge on any atom is -0.490 e. The van der Waals surface area contributed by atoms with Gasteiger partial charge in [0.05, 0.1) is 24.5 Å². The Balaban J connectivity index is 2.85. The van der Waals surface area contributed by atoms with Crippen molar-refractivity contribution >= 4 is 35.1 Å². The van der Waals surface area contributed by atoms with Crippen LogP contribution < -0.4 is 20.2 Å². The van der Waals surface area contributed by atoms with Crippen molar-refractivity contribution in [2.24, 2.45) is 5.10 Å². The van der Waals surface area contributed by atoms with E-state index in [0.29, 0.717) is 34.8 Å². The number of hydrogen-bond acceptors (Lipinski definition) is 4. The number of hydrogen-bond donors (Lipinski definition) is 2. The third-order valence-corrected chi connectivity index (χ3v) is 3.07. The maximum atomic E-state index is 6.29. The smallest absolute Gasteiger partial charge is 0.187 e. The van der Waals surface area contributed by atoms with E-state index in [2.05, 4.69) is 15.8 Å². The SMILES string of the molecule is CCCOc1c(Cl)cc(/C=N\NC(=S)NC(C)C)cc1OCC. The van der Waals surface area contributed by atoms with Gasteiger partial charge in [-0.25, -0.2) is 0 Å². The quantitative estimate of drug-likeness (QED) is 0.422. The maximum absolute atomic E-state index is 6.29. The van der Waals surface area contributed by atoms with E-state index in [1.807, 2.05) is 33.8 Å². The summed E-state index contributed by atoms with van der Waals surface area (Å²) in [6.07, 6.45) is 2.53. The molecule has 0 fully saturated rings. The number of rotatable bonds is 8. The minimum atomic E-state index is 0.249. The van der Waals surface area contributed by atoms with Crippen LogP contribution in [0.4, 0.5) is 0 Å². The third-order valence-electron chi connectivity index (χ3n) is 2.58. The van der Waals surface area contributed by atoms with Crippen molar-refractivity contribution in [3.8, 4) is 11.5 Å². The fraction of sp³-hybridized carbons (Fsp3) is 0.500. The molecule has 0 saturated carbocycles. The normalized spacial score (nSPS) is 10.9. The number of nitrogens with one attached hydrogen (secondary N) is 2. The van der Waals surface area contributed by atoms with Gasteiger partial charge in [0.15, 0.2) is 16.6 Å². The van der Waals surface area contributed by atoms with Gasteiger partial charge in [-0.1, -0.05) is 18.5 Å². The van der Waals surface area contributed by atoms with Crippen molar-refractivity contribution in [2.75, 3.05) is 13.2 Å². The fourth-order valence-electron chi connectivity index (χ4n) is 1.73. The molecule has 2 N–H and O–H groups in total. The highest BCUT2D eigenvalue weighted by Gasteiger charge is 2.11. The molecule has 0 aliphatic heterocycles. The lowest BCUT2D eigenvalue weighted by atomic mass is 10.2. The third kappa shape index (κ3) is 7.05. The van der Waals surface area contributed by atoms with Gasteiger partial charge in [0, 0.05) is 6.04 Å². The van der Waals surface area contributed by atoms with Crippen LogP contribution in [0.25, 0.3) is 0 Å². The van der Waals surface area contributed by atoms with Gasteiger partial charge in [-0.05, 0) is 57.1 Å². The van der Waals surface area contributed by atoms with Crippen molar-refractivity contribution in [1.29, 1.82) is 0 Å². The van der Waals surface area contributed by atoms with E-state index in [9.17, 15) is 0 Å². The average Bonchev–Trinajstić information content (AvgIpc) is 2.46. The summed E-state index contributed by atoms with van der Waals surface area (Å²) in [5.41, 5.74) is 3.55. The molecule has 0 unspecified atom stereocenters. The molecule has 0 spiro atoms. The van der Waals surface area contributed by atoms with Gasteiger partial charge in [0.25, 0.3) is 0 Å². The molecule has 128 valence electrons. The molecule has 0 heterocycles. The summed E-state index contributed by atoms with van der Waals surface area (Å²) in [4.78, 5) is 0. The van der Waals surface area contributed by atoms with E-state index in [-0.39, 0.29) is 6.04 Å². The zero-order valence-corrected chi connectivity index (χ0v) is 15.6. The molecule has 0 saturated heterocycles. The molecule has 0 amide bonds. The predicted octanol–water partition coefficient (Wildman–Crippen LogP) is 3.73. The lowest BCUT2D eigenvalue weighted by Gasteiger charge is -2.14. The monoisotopic (exact) mass is 357 g/mol. The maximum Gasteiger partial charge on any atom is 0.187 e. The lowest BCUT2D eigenvalue weighted by molar-refractivity contribution is 0.277. The highest BCUT2D eigenvalue weighted by Crippen LogP contribution is 2.36. The van der Waals surface area contributed by atoms with Crippen LogP contribution in [0.2, 0.25) is 5.02 Å². The summed E-state index contributed by atoms with van der Waals surface area (Å²) in [5, 5.41) is 8.10. The van der Waals surface area contributed by atoms with Crippen LogP contribution in [0.3, 0.4) is 0 Å². The first-order valence-corrected chi connectivity index (χ1v) is 8.45. The van der Waals surface area contributed by atoms with Crippen molar-refractivity contribution in [3.05, 3.63) is 22.7 Å². The van der Waals surface area contributed by atoms with E-state index in [0.717, 1.165) is 12.0 Å². The predicted molar refractivity (Wildman–Crippen MR) is 100 cm³/mol. The number of benzene rings is 1. The molecule has 0 radical (unpaired) electrons. The number of ether oxygens (including phenoxy) is 2. The molecule has 0 atom stereocenters. The van der Waals surface area contributed by atoms with E-state index < -0.39 is 0 Å². The van der Waals surface area contributed by atoms with Crippen LogP contribution in [0, 0.1) is 0 Å². The Hall–Kier alpha value is -1.53. The van der Waals surface area contributed by atoms with Gasteiger partial charge in [0.2, 0.25) is 0 Å². The van der Waals surface area contributed by atoms with Gasteiger partial charge < -0.3 is 14.8 Å². The van der Waals surface area contributed by atoms with Crippen molar-refractivity contribution in [1.82, 2.24) is 10.7 Å². The summed E-state index contributed by atoms with van der Waals surface area (Å²) in [6, 6.07) is 3.86.